The molecule has 66 valence electrons. The van der Waals surface area contributed by atoms with Crippen LogP contribution in [-0.2, 0) is 9.59 Å². The molecule has 0 N–H and O–H groups in total. The van der Waals surface area contributed by atoms with Gasteiger partial charge in [0, 0.05) is 0 Å². The molecule has 4 heteroatoms. The molecule has 0 aromatic heterocycles. The van der Waals surface area contributed by atoms with Crippen LogP contribution in [0.25, 0.3) is 0 Å². The van der Waals surface area contributed by atoms with Gasteiger partial charge in [0.05, 0.1) is 12.0 Å². The summed E-state index contributed by atoms with van der Waals surface area (Å²) in [5, 5.41) is -0.376. The number of hydrogen-bond acceptors (Lipinski definition) is 3. The summed E-state index contributed by atoms with van der Waals surface area (Å²) in [5.41, 5.74) is 0. The van der Waals surface area contributed by atoms with E-state index in [9.17, 15) is 9.59 Å². The second-order valence-corrected chi connectivity index (χ2v) is 3.36. The van der Waals surface area contributed by atoms with Crippen LogP contribution in [-0.4, -0.2) is 17.4 Å². The molecule has 0 amide bonds. The zero-order valence-corrected chi connectivity index (χ0v) is 7.38. The summed E-state index contributed by atoms with van der Waals surface area (Å²) in [7, 11) is 0. The van der Waals surface area contributed by atoms with E-state index in [1.54, 1.807) is 0 Å². The van der Waals surface area contributed by atoms with Gasteiger partial charge in [-0.05, 0) is 24.4 Å². The molecule has 0 aromatic carbocycles. The number of nitrogens with zero attached hydrogens (tertiary/aromatic N) is 1. The molecule has 1 fully saturated rings. The lowest BCUT2D eigenvalue weighted by atomic mass is 9.86. The second kappa shape index (κ2) is 4.39. The predicted octanol–water partition coefficient (Wildman–Crippen LogP) is 1.65. The standard InChI is InChI=1S/C8H10ClNO2/c9-8(12)6-3-1-2-4-7(6)10-5-11/h6-7H,1-4H2/t6-,7+/m1/s1. The third-order valence-corrected chi connectivity index (χ3v) is 2.52. The summed E-state index contributed by atoms with van der Waals surface area (Å²) >= 11 is 5.36. The topological polar surface area (TPSA) is 46.5 Å². The van der Waals surface area contributed by atoms with Crippen LogP contribution < -0.4 is 0 Å². The van der Waals surface area contributed by atoms with Crippen LogP contribution in [0.4, 0.5) is 0 Å². The third-order valence-electron chi connectivity index (χ3n) is 2.24. The summed E-state index contributed by atoms with van der Waals surface area (Å²) < 4.78 is 0. The summed E-state index contributed by atoms with van der Waals surface area (Å²) in [6.45, 7) is 0. The van der Waals surface area contributed by atoms with Gasteiger partial charge in [-0.25, -0.2) is 9.79 Å². The Kier molecular flexibility index (Phi) is 3.45. The number of rotatable bonds is 2. The lowest BCUT2D eigenvalue weighted by Gasteiger charge is -2.23. The molecule has 2 atom stereocenters. The zero-order chi connectivity index (χ0) is 8.97. The molecule has 0 aromatic rings. The molecular weight excluding hydrogens is 178 g/mol. The van der Waals surface area contributed by atoms with Gasteiger partial charge in [-0.1, -0.05) is 12.8 Å². The fourth-order valence-corrected chi connectivity index (χ4v) is 1.85. The number of hydrogen-bond donors (Lipinski definition) is 0. The quantitative estimate of drug-likeness (QED) is 0.375. The van der Waals surface area contributed by atoms with E-state index in [4.69, 9.17) is 11.6 Å². The molecule has 0 heterocycles. The van der Waals surface area contributed by atoms with E-state index >= 15 is 0 Å². The Bertz CT molecular complexity index is 213. The average molecular weight is 188 g/mol. The van der Waals surface area contributed by atoms with Gasteiger partial charge in [0.25, 0.3) is 0 Å². The number of carbonyl (C=O) groups excluding carboxylic acids is 2. The maximum atomic E-state index is 10.9. The molecule has 1 rings (SSSR count). The van der Waals surface area contributed by atoms with E-state index in [-0.39, 0.29) is 17.2 Å². The van der Waals surface area contributed by atoms with Gasteiger partial charge in [0.1, 0.15) is 0 Å². The summed E-state index contributed by atoms with van der Waals surface area (Å²) in [4.78, 5) is 24.4. The molecule has 0 unspecified atom stereocenters. The van der Waals surface area contributed by atoms with Gasteiger partial charge in [0.2, 0.25) is 11.3 Å². The molecule has 12 heavy (non-hydrogen) atoms. The summed E-state index contributed by atoms with van der Waals surface area (Å²) in [6, 6.07) is -0.221. The van der Waals surface area contributed by atoms with Crippen LogP contribution in [0.2, 0.25) is 0 Å². The highest BCUT2D eigenvalue weighted by atomic mass is 35.5. The van der Waals surface area contributed by atoms with Crippen molar-refractivity contribution < 1.29 is 9.59 Å². The molecule has 1 aliphatic carbocycles. The Morgan fingerprint density at radius 3 is 2.67 bits per heavy atom. The van der Waals surface area contributed by atoms with E-state index in [0.717, 1.165) is 25.7 Å². The van der Waals surface area contributed by atoms with Gasteiger partial charge >= 0.3 is 0 Å². The van der Waals surface area contributed by atoms with Crippen molar-refractivity contribution in [2.45, 2.75) is 31.7 Å². The highest BCUT2D eigenvalue weighted by Gasteiger charge is 2.29. The van der Waals surface area contributed by atoms with Crippen LogP contribution in [0.5, 0.6) is 0 Å². The first-order valence-corrected chi connectivity index (χ1v) is 4.40. The smallest absolute Gasteiger partial charge is 0.235 e. The lowest BCUT2D eigenvalue weighted by Crippen LogP contribution is -2.27. The normalized spacial score (nSPS) is 29.1. The Hall–Kier alpha value is -0.660. The SMILES string of the molecule is O=C=N[C@H]1CCCC[C@H]1C(=O)Cl. The first kappa shape index (κ1) is 9.43. The summed E-state index contributed by atoms with van der Waals surface area (Å²) in [6.07, 6.45) is 5.02. The van der Waals surface area contributed by atoms with Crippen molar-refractivity contribution in [1.82, 2.24) is 0 Å². The van der Waals surface area contributed by atoms with Crippen molar-refractivity contribution in [1.29, 1.82) is 0 Å². The molecule has 0 aliphatic heterocycles. The summed E-state index contributed by atoms with van der Waals surface area (Å²) in [5.74, 6) is -0.262. The highest BCUT2D eigenvalue weighted by molar-refractivity contribution is 6.64. The number of carbonyl (C=O) groups is 1. The van der Waals surface area contributed by atoms with E-state index in [2.05, 4.69) is 4.99 Å². The zero-order valence-electron chi connectivity index (χ0n) is 6.62. The predicted molar refractivity (Wildman–Crippen MR) is 44.7 cm³/mol. The Morgan fingerprint density at radius 1 is 1.42 bits per heavy atom. The van der Waals surface area contributed by atoms with E-state index in [1.807, 2.05) is 0 Å². The maximum Gasteiger partial charge on any atom is 0.235 e. The minimum Gasteiger partial charge on any atom is -0.281 e. The van der Waals surface area contributed by atoms with Crippen LogP contribution in [0.1, 0.15) is 25.7 Å². The molecule has 0 spiro atoms. The largest absolute Gasteiger partial charge is 0.281 e. The van der Waals surface area contributed by atoms with Crippen molar-refractivity contribution in [2.75, 3.05) is 0 Å². The van der Waals surface area contributed by atoms with E-state index in [1.165, 1.54) is 6.08 Å². The van der Waals surface area contributed by atoms with Crippen LogP contribution in [0, 0.1) is 5.92 Å². The van der Waals surface area contributed by atoms with Crippen molar-refractivity contribution in [3.05, 3.63) is 0 Å². The molecule has 3 nitrogen and oxygen atoms in total. The van der Waals surface area contributed by atoms with Crippen LogP contribution in [0.3, 0.4) is 0 Å². The fourth-order valence-electron chi connectivity index (χ4n) is 1.60. The third kappa shape index (κ3) is 2.16. The van der Waals surface area contributed by atoms with E-state index < -0.39 is 0 Å². The molecule has 0 bridgehead atoms. The molecule has 0 radical (unpaired) electrons. The van der Waals surface area contributed by atoms with Crippen molar-refractivity contribution in [3.63, 3.8) is 0 Å². The van der Waals surface area contributed by atoms with Crippen LogP contribution in [0.15, 0.2) is 4.99 Å². The Labute approximate surface area is 75.8 Å². The van der Waals surface area contributed by atoms with Gasteiger partial charge < -0.3 is 0 Å². The number of halogens is 1. The molecule has 1 aliphatic rings. The Balaban J connectivity index is 2.66. The molecular formula is C8H10ClNO2. The first-order valence-electron chi connectivity index (χ1n) is 4.02. The number of aliphatic imine (C=N–C) groups is 1. The van der Waals surface area contributed by atoms with E-state index in [0.29, 0.717) is 0 Å². The minimum atomic E-state index is -0.376. The van der Waals surface area contributed by atoms with Gasteiger partial charge in [-0.2, -0.15) is 0 Å². The minimum absolute atomic E-state index is 0.221. The van der Waals surface area contributed by atoms with Crippen molar-refractivity contribution in [3.8, 4) is 0 Å². The van der Waals surface area contributed by atoms with Crippen molar-refractivity contribution in [2.24, 2.45) is 10.9 Å². The Morgan fingerprint density at radius 2 is 2.08 bits per heavy atom. The van der Waals surface area contributed by atoms with Gasteiger partial charge in [0.15, 0.2) is 0 Å². The highest BCUT2D eigenvalue weighted by Crippen LogP contribution is 2.28. The fraction of sp³-hybridized carbons (Fsp3) is 0.750. The second-order valence-electron chi connectivity index (χ2n) is 2.98. The van der Waals surface area contributed by atoms with Crippen molar-refractivity contribution >= 4 is 22.9 Å². The average Bonchev–Trinajstić information content (AvgIpc) is 2.05. The molecule has 0 saturated heterocycles. The lowest BCUT2D eigenvalue weighted by molar-refractivity contribution is -0.116. The number of isocyanates is 1. The monoisotopic (exact) mass is 187 g/mol. The van der Waals surface area contributed by atoms with Gasteiger partial charge in [-0.3, -0.25) is 4.79 Å². The first-order chi connectivity index (χ1) is 5.75. The van der Waals surface area contributed by atoms with Gasteiger partial charge in [-0.15, -0.1) is 0 Å². The van der Waals surface area contributed by atoms with Crippen LogP contribution >= 0.6 is 11.6 Å². The maximum absolute atomic E-state index is 10.9. The molecule has 1 saturated carbocycles.